The lowest BCUT2D eigenvalue weighted by Gasteiger charge is -2.54. The third-order valence-electron chi connectivity index (χ3n) is 4.27. The van der Waals surface area contributed by atoms with Crippen LogP contribution in [-0.4, -0.2) is 11.4 Å². The van der Waals surface area contributed by atoms with Crippen LogP contribution in [0.2, 0.25) is 0 Å². The Bertz CT molecular complexity index is 281. The molecular weight excluding hydrogens is 176 g/mol. The first-order chi connectivity index (χ1) is 6.73. The zero-order valence-corrected chi connectivity index (χ0v) is 8.37. The van der Waals surface area contributed by atoms with E-state index >= 15 is 0 Å². The second-order valence-electron chi connectivity index (χ2n) is 5.19. The molecular formula is C12H16O2. The van der Waals surface area contributed by atoms with Gasteiger partial charge in [-0.3, -0.25) is 4.79 Å². The van der Waals surface area contributed by atoms with Crippen molar-refractivity contribution in [3.05, 3.63) is 12.8 Å². The molecule has 0 N–H and O–H groups in total. The Morgan fingerprint density at radius 1 is 1.29 bits per heavy atom. The first kappa shape index (κ1) is 8.51. The standard InChI is InChI=1S/C12H16O2/c1-2-14-12-6-8-3-9(7-12)5-10(4-8)11(12)13/h2,8-10H,1,3-7H2. The molecule has 4 rings (SSSR count). The fraction of sp³-hybridized carbons (Fsp3) is 0.750. The van der Waals surface area contributed by atoms with Crippen LogP contribution in [0.4, 0.5) is 0 Å². The summed E-state index contributed by atoms with van der Waals surface area (Å²) in [7, 11) is 0. The summed E-state index contributed by atoms with van der Waals surface area (Å²) in [4.78, 5) is 12.1. The molecule has 2 atom stereocenters. The molecule has 0 radical (unpaired) electrons. The molecule has 0 aromatic rings. The molecule has 0 aromatic carbocycles. The summed E-state index contributed by atoms with van der Waals surface area (Å²) in [5.41, 5.74) is -0.448. The highest BCUT2D eigenvalue weighted by molar-refractivity contribution is 5.91. The lowest BCUT2D eigenvalue weighted by Crippen LogP contribution is -2.58. The Labute approximate surface area is 84.3 Å². The molecule has 4 aliphatic rings. The van der Waals surface area contributed by atoms with E-state index in [1.54, 1.807) is 0 Å². The smallest absolute Gasteiger partial charge is 0.179 e. The third kappa shape index (κ3) is 0.943. The number of Topliss-reactive ketones (excluding diaryl/α,β-unsaturated/α-hetero) is 1. The van der Waals surface area contributed by atoms with E-state index < -0.39 is 5.60 Å². The van der Waals surface area contributed by atoms with E-state index in [1.807, 2.05) is 0 Å². The lowest BCUT2D eigenvalue weighted by molar-refractivity contribution is -0.170. The number of ether oxygens (including phenoxy) is 1. The predicted molar refractivity (Wildman–Crippen MR) is 52.6 cm³/mol. The van der Waals surface area contributed by atoms with Crippen LogP contribution in [0, 0.1) is 17.8 Å². The van der Waals surface area contributed by atoms with E-state index in [4.69, 9.17) is 4.74 Å². The minimum absolute atomic E-state index is 0.307. The SMILES string of the molecule is C=COC12CC3CC(CC(C3)C1=O)C2. The Kier molecular flexibility index (Phi) is 1.59. The maximum atomic E-state index is 12.1. The monoisotopic (exact) mass is 192 g/mol. The average molecular weight is 192 g/mol. The van der Waals surface area contributed by atoms with Crippen molar-refractivity contribution >= 4 is 5.78 Å². The van der Waals surface area contributed by atoms with Gasteiger partial charge in [-0.25, -0.2) is 0 Å². The molecule has 4 fully saturated rings. The van der Waals surface area contributed by atoms with Gasteiger partial charge in [-0.1, -0.05) is 6.58 Å². The Morgan fingerprint density at radius 2 is 1.93 bits per heavy atom. The molecule has 4 aliphatic carbocycles. The summed E-state index contributed by atoms with van der Waals surface area (Å²) in [6.45, 7) is 3.60. The molecule has 4 bridgehead atoms. The number of hydrogen-bond acceptors (Lipinski definition) is 2. The van der Waals surface area contributed by atoms with Crippen molar-refractivity contribution in [2.45, 2.75) is 37.7 Å². The Hall–Kier alpha value is -0.790. The van der Waals surface area contributed by atoms with Crippen molar-refractivity contribution < 1.29 is 9.53 Å². The summed E-state index contributed by atoms with van der Waals surface area (Å²) in [5, 5.41) is 0. The first-order valence-corrected chi connectivity index (χ1v) is 5.56. The summed E-state index contributed by atoms with van der Waals surface area (Å²) in [6, 6.07) is 0. The average Bonchev–Trinajstić information content (AvgIpc) is 2.13. The highest BCUT2D eigenvalue weighted by Crippen LogP contribution is 2.55. The molecule has 4 saturated carbocycles. The van der Waals surface area contributed by atoms with Crippen molar-refractivity contribution in [3.63, 3.8) is 0 Å². The number of ketones is 1. The van der Waals surface area contributed by atoms with Crippen LogP contribution in [0.3, 0.4) is 0 Å². The molecule has 0 amide bonds. The van der Waals surface area contributed by atoms with Crippen molar-refractivity contribution in [1.82, 2.24) is 0 Å². The second kappa shape index (κ2) is 2.62. The van der Waals surface area contributed by atoms with Crippen LogP contribution in [0.1, 0.15) is 32.1 Å². The van der Waals surface area contributed by atoms with Crippen LogP contribution in [-0.2, 0) is 9.53 Å². The van der Waals surface area contributed by atoms with Crippen LogP contribution < -0.4 is 0 Å². The molecule has 0 aromatic heterocycles. The Morgan fingerprint density at radius 3 is 2.50 bits per heavy atom. The summed E-state index contributed by atoms with van der Waals surface area (Å²) < 4.78 is 5.57. The molecule has 0 aliphatic heterocycles. The summed E-state index contributed by atoms with van der Waals surface area (Å²) in [6.07, 6.45) is 6.93. The maximum absolute atomic E-state index is 12.1. The van der Waals surface area contributed by atoms with E-state index in [0.29, 0.717) is 11.7 Å². The normalized spacial score (nSPS) is 49.4. The molecule has 2 heteroatoms. The van der Waals surface area contributed by atoms with Crippen LogP contribution >= 0.6 is 0 Å². The number of rotatable bonds is 2. The molecule has 76 valence electrons. The molecule has 0 spiro atoms. The molecule has 0 saturated heterocycles. The molecule has 0 heterocycles. The van der Waals surface area contributed by atoms with Gasteiger partial charge in [0.25, 0.3) is 0 Å². The van der Waals surface area contributed by atoms with Gasteiger partial charge in [-0.15, -0.1) is 0 Å². The van der Waals surface area contributed by atoms with Gasteiger partial charge in [0.1, 0.15) is 0 Å². The highest BCUT2D eigenvalue weighted by atomic mass is 16.5. The van der Waals surface area contributed by atoms with Crippen molar-refractivity contribution in [1.29, 1.82) is 0 Å². The topological polar surface area (TPSA) is 26.3 Å². The predicted octanol–water partition coefficient (Wildman–Crippen LogP) is 2.29. The molecule has 14 heavy (non-hydrogen) atoms. The van der Waals surface area contributed by atoms with Gasteiger partial charge in [0, 0.05) is 5.92 Å². The number of hydrogen-bond donors (Lipinski definition) is 0. The van der Waals surface area contributed by atoms with E-state index in [-0.39, 0.29) is 0 Å². The summed E-state index contributed by atoms with van der Waals surface area (Å²) in [5.74, 6) is 2.15. The number of carbonyl (C=O) groups is 1. The van der Waals surface area contributed by atoms with Gasteiger partial charge in [-0.2, -0.15) is 0 Å². The van der Waals surface area contributed by atoms with Crippen LogP contribution in [0.25, 0.3) is 0 Å². The van der Waals surface area contributed by atoms with Gasteiger partial charge in [0.2, 0.25) is 0 Å². The Balaban J connectivity index is 1.97. The maximum Gasteiger partial charge on any atom is 0.179 e. The minimum atomic E-state index is -0.448. The third-order valence-corrected chi connectivity index (χ3v) is 4.27. The number of carbonyl (C=O) groups excluding carboxylic acids is 1. The zero-order valence-electron chi connectivity index (χ0n) is 8.37. The van der Waals surface area contributed by atoms with Crippen molar-refractivity contribution in [2.75, 3.05) is 0 Å². The van der Waals surface area contributed by atoms with Gasteiger partial charge in [0.05, 0.1) is 6.26 Å². The van der Waals surface area contributed by atoms with E-state index in [0.717, 1.165) is 37.5 Å². The lowest BCUT2D eigenvalue weighted by atomic mass is 9.53. The van der Waals surface area contributed by atoms with Crippen LogP contribution in [0.5, 0.6) is 0 Å². The zero-order chi connectivity index (χ0) is 9.76. The quantitative estimate of drug-likeness (QED) is 0.627. The largest absolute Gasteiger partial charge is 0.488 e. The van der Waals surface area contributed by atoms with E-state index in [1.165, 1.54) is 12.7 Å². The van der Waals surface area contributed by atoms with Crippen molar-refractivity contribution in [2.24, 2.45) is 17.8 Å². The molecule has 2 nitrogen and oxygen atoms in total. The van der Waals surface area contributed by atoms with E-state index in [2.05, 4.69) is 6.58 Å². The van der Waals surface area contributed by atoms with Gasteiger partial charge >= 0.3 is 0 Å². The van der Waals surface area contributed by atoms with Crippen molar-refractivity contribution in [3.8, 4) is 0 Å². The highest BCUT2D eigenvalue weighted by Gasteiger charge is 2.58. The van der Waals surface area contributed by atoms with E-state index in [9.17, 15) is 4.79 Å². The van der Waals surface area contributed by atoms with Gasteiger partial charge in [0.15, 0.2) is 11.4 Å². The molecule has 2 unspecified atom stereocenters. The van der Waals surface area contributed by atoms with Crippen LogP contribution in [0.15, 0.2) is 12.8 Å². The van der Waals surface area contributed by atoms with Gasteiger partial charge in [-0.05, 0) is 43.9 Å². The fourth-order valence-corrected chi connectivity index (χ4v) is 4.02. The minimum Gasteiger partial charge on any atom is -0.488 e. The van der Waals surface area contributed by atoms with Gasteiger partial charge < -0.3 is 4.74 Å². The second-order valence-corrected chi connectivity index (χ2v) is 5.19. The summed E-state index contributed by atoms with van der Waals surface area (Å²) >= 11 is 0. The first-order valence-electron chi connectivity index (χ1n) is 5.56. The fourth-order valence-electron chi connectivity index (χ4n) is 4.02.